The van der Waals surface area contributed by atoms with E-state index in [1.807, 2.05) is 6.07 Å². The lowest BCUT2D eigenvalue weighted by molar-refractivity contribution is 0.0949. The van der Waals surface area contributed by atoms with E-state index in [4.69, 9.17) is 21.1 Å². The van der Waals surface area contributed by atoms with E-state index < -0.39 is 0 Å². The first-order valence-corrected chi connectivity index (χ1v) is 9.39. The van der Waals surface area contributed by atoms with Crippen LogP contribution < -0.4 is 20.1 Å². The number of halogens is 1. The Hall–Kier alpha value is -3.58. The number of methoxy groups -OCH3 is 2. The molecular formula is C22H20ClN3O4. The third-order valence-corrected chi connectivity index (χ3v) is 4.56. The van der Waals surface area contributed by atoms with Crippen LogP contribution in [0.3, 0.4) is 0 Å². The molecular weight excluding hydrogens is 406 g/mol. The fraction of sp³-hybridized carbons (Fsp3) is 0.136. The van der Waals surface area contributed by atoms with Gasteiger partial charge in [0.1, 0.15) is 0 Å². The highest BCUT2D eigenvalue weighted by Crippen LogP contribution is 2.36. The number of pyridine rings is 1. The maximum Gasteiger partial charge on any atom is 0.255 e. The second-order valence-electron chi connectivity index (χ2n) is 6.27. The minimum atomic E-state index is -0.316. The summed E-state index contributed by atoms with van der Waals surface area (Å²) in [4.78, 5) is 28.7. The predicted octanol–water partition coefficient (Wildman–Crippen LogP) is 3.93. The fourth-order valence-corrected chi connectivity index (χ4v) is 3.09. The van der Waals surface area contributed by atoms with E-state index in [-0.39, 0.29) is 23.4 Å². The maximum absolute atomic E-state index is 12.5. The first-order valence-electron chi connectivity index (χ1n) is 9.02. The summed E-state index contributed by atoms with van der Waals surface area (Å²) in [6, 6.07) is 13.6. The van der Waals surface area contributed by atoms with Crippen LogP contribution in [0.15, 0.2) is 60.9 Å². The van der Waals surface area contributed by atoms with Gasteiger partial charge in [-0.2, -0.15) is 0 Å². The molecule has 0 aliphatic carbocycles. The van der Waals surface area contributed by atoms with Gasteiger partial charge in [0.15, 0.2) is 11.5 Å². The summed E-state index contributed by atoms with van der Waals surface area (Å²) in [6.45, 7) is 0.268. The number of nitrogens with zero attached hydrogens (tertiary/aromatic N) is 1. The summed E-state index contributed by atoms with van der Waals surface area (Å²) < 4.78 is 10.4. The quantitative estimate of drug-likeness (QED) is 0.598. The Kier molecular flexibility index (Phi) is 6.87. The van der Waals surface area contributed by atoms with Crippen molar-refractivity contribution in [1.29, 1.82) is 0 Å². The molecule has 154 valence electrons. The van der Waals surface area contributed by atoms with Crippen molar-refractivity contribution >= 4 is 29.1 Å². The largest absolute Gasteiger partial charge is 0.493 e. The molecule has 0 aliphatic heterocycles. The third-order valence-electron chi connectivity index (χ3n) is 4.28. The summed E-state index contributed by atoms with van der Waals surface area (Å²) in [7, 11) is 2.95. The normalized spacial score (nSPS) is 10.2. The van der Waals surface area contributed by atoms with Gasteiger partial charge in [-0.05, 0) is 42.0 Å². The number of rotatable bonds is 7. The van der Waals surface area contributed by atoms with Crippen molar-refractivity contribution in [2.75, 3.05) is 19.5 Å². The van der Waals surface area contributed by atoms with Crippen LogP contribution in [0.25, 0.3) is 0 Å². The molecule has 30 heavy (non-hydrogen) atoms. The number of ether oxygens (including phenoxy) is 2. The van der Waals surface area contributed by atoms with Gasteiger partial charge >= 0.3 is 0 Å². The number of hydrogen-bond acceptors (Lipinski definition) is 5. The van der Waals surface area contributed by atoms with Gasteiger partial charge in [-0.25, -0.2) is 0 Å². The molecule has 8 heteroatoms. The highest BCUT2D eigenvalue weighted by atomic mass is 35.5. The van der Waals surface area contributed by atoms with Gasteiger partial charge in [-0.15, -0.1) is 0 Å². The standard InChI is InChI=1S/C22H20ClN3O4/c1-29-19-12-16(11-18(23)20(19)30-2)21(27)25-13-14-4-3-5-17(10-14)26-22(28)15-6-8-24-9-7-15/h3-12H,13H2,1-2H3,(H,25,27)(H,26,28). The molecule has 1 aromatic heterocycles. The van der Waals surface area contributed by atoms with Crippen molar-refractivity contribution in [2.45, 2.75) is 6.54 Å². The molecule has 7 nitrogen and oxygen atoms in total. The molecule has 3 aromatic rings. The number of hydrogen-bond donors (Lipinski definition) is 2. The molecule has 2 aromatic carbocycles. The Morgan fingerprint density at radius 2 is 1.73 bits per heavy atom. The van der Waals surface area contributed by atoms with E-state index in [0.29, 0.717) is 28.3 Å². The van der Waals surface area contributed by atoms with E-state index >= 15 is 0 Å². The van der Waals surface area contributed by atoms with Gasteiger partial charge in [0.05, 0.1) is 19.2 Å². The molecule has 0 saturated heterocycles. The molecule has 0 atom stereocenters. The van der Waals surface area contributed by atoms with Crippen molar-refractivity contribution in [2.24, 2.45) is 0 Å². The highest BCUT2D eigenvalue weighted by molar-refractivity contribution is 6.32. The smallest absolute Gasteiger partial charge is 0.255 e. The van der Waals surface area contributed by atoms with Crippen molar-refractivity contribution in [3.63, 3.8) is 0 Å². The van der Waals surface area contributed by atoms with E-state index in [9.17, 15) is 9.59 Å². The van der Waals surface area contributed by atoms with E-state index in [1.54, 1.807) is 48.8 Å². The molecule has 1 heterocycles. The second-order valence-corrected chi connectivity index (χ2v) is 6.67. The van der Waals surface area contributed by atoms with Crippen LogP contribution in [0.1, 0.15) is 26.3 Å². The molecule has 0 fully saturated rings. The Morgan fingerprint density at radius 3 is 2.43 bits per heavy atom. The molecule has 0 spiro atoms. The van der Waals surface area contributed by atoms with Gasteiger partial charge in [0, 0.05) is 35.8 Å². The number of benzene rings is 2. The Labute approximate surface area is 179 Å². The monoisotopic (exact) mass is 425 g/mol. The van der Waals surface area contributed by atoms with Gasteiger partial charge in [0.2, 0.25) is 0 Å². The van der Waals surface area contributed by atoms with Gasteiger partial charge in [-0.1, -0.05) is 23.7 Å². The zero-order valence-electron chi connectivity index (χ0n) is 16.4. The van der Waals surface area contributed by atoms with Crippen molar-refractivity contribution in [3.8, 4) is 11.5 Å². The molecule has 0 saturated carbocycles. The van der Waals surface area contributed by atoms with Crippen LogP contribution in [0.4, 0.5) is 5.69 Å². The summed E-state index contributed by atoms with van der Waals surface area (Å²) in [6.07, 6.45) is 3.11. The highest BCUT2D eigenvalue weighted by Gasteiger charge is 2.15. The van der Waals surface area contributed by atoms with E-state index in [1.165, 1.54) is 20.3 Å². The Morgan fingerprint density at radius 1 is 0.967 bits per heavy atom. The molecule has 2 N–H and O–H groups in total. The second kappa shape index (κ2) is 9.76. The van der Waals surface area contributed by atoms with Gasteiger partial charge < -0.3 is 20.1 Å². The number of carbonyl (C=O) groups is 2. The lowest BCUT2D eigenvalue weighted by Gasteiger charge is -2.12. The summed E-state index contributed by atoms with van der Waals surface area (Å²) in [5.41, 5.74) is 2.30. The third kappa shape index (κ3) is 5.07. The van der Waals surface area contributed by atoms with Crippen molar-refractivity contribution in [3.05, 3.63) is 82.6 Å². The average molecular weight is 426 g/mol. The lowest BCUT2D eigenvalue weighted by atomic mass is 10.1. The average Bonchev–Trinajstić information content (AvgIpc) is 2.77. The van der Waals surface area contributed by atoms with Gasteiger partial charge in [0.25, 0.3) is 11.8 Å². The molecule has 0 unspecified atom stereocenters. The molecule has 2 amide bonds. The molecule has 3 rings (SSSR count). The van der Waals surface area contributed by atoms with Crippen LogP contribution in [0, 0.1) is 0 Å². The van der Waals surface area contributed by atoms with Crippen LogP contribution in [0.2, 0.25) is 5.02 Å². The Balaban J connectivity index is 1.66. The fourth-order valence-electron chi connectivity index (χ4n) is 2.80. The SMILES string of the molecule is COc1cc(C(=O)NCc2cccc(NC(=O)c3ccncc3)c2)cc(Cl)c1OC. The first-order chi connectivity index (χ1) is 14.5. The number of anilines is 1. The zero-order chi connectivity index (χ0) is 21.5. The van der Waals surface area contributed by atoms with Crippen LogP contribution in [-0.4, -0.2) is 31.0 Å². The minimum absolute atomic E-state index is 0.237. The summed E-state index contributed by atoms with van der Waals surface area (Å²) in [5, 5.41) is 5.93. The van der Waals surface area contributed by atoms with Crippen LogP contribution in [-0.2, 0) is 6.54 Å². The molecule has 0 radical (unpaired) electrons. The van der Waals surface area contributed by atoms with Crippen molar-refractivity contribution in [1.82, 2.24) is 10.3 Å². The van der Waals surface area contributed by atoms with Crippen LogP contribution in [0.5, 0.6) is 11.5 Å². The lowest BCUT2D eigenvalue weighted by Crippen LogP contribution is -2.23. The van der Waals surface area contributed by atoms with E-state index in [2.05, 4.69) is 15.6 Å². The first kappa shape index (κ1) is 21.1. The maximum atomic E-state index is 12.5. The zero-order valence-corrected chi connectivity index (χ0v) is 17.2. The number of carbonyl (C=O) groups excluding carboxylic acids is 2. The Bertz CT molecular complexity index is 1060. The summed E-state index contributed by atoms with van der Waals surface area (Å²) in [5.74, 6) is 0.187. The topological polar surface area (TPSA) is 89.6 Å². The molecule has 0 bridgehead atoms. The van der Waals surface area contributed by atoms with E-state index in [0.717, 1.165) is 5.56 Å². The minimum Gasteiger partial charge on any atom is -0.493 e. The number of amides is 2. The predicted molar refractivity (Wildman–Crippen MR) is 114 cm³/mol. The molecule has 0 aliphatic rings. The van der Waals surface area contributed by atoms with Crippen molar-refractivity contribution < 1.29 is 19.1 Å². The summed E-state index contributed by atoms with van der Waals surface area (Å²) >= 11 is 6.17. The number of nitrogens with one attached hydrogen (secondary N) is 2. The van der Waals surface area contributed by atoms with Gasteiger partial charge in [-0.3, -0.25) is 14.6 Å². The van der Waals surface area contributed by atoms with Crippen LogP contribution >= 0.6 is 11.6 Å². The number of aromatic nitrogens is 1.